The molecular formula is C16H31N. The lowest BCUT2D eigenvalue weighted by Gasteiger charge is -2.40. The van der Waals surface area contributed by atoms with E-state index in [0.717, 1.165) is 23.9 Å². The van der Waals surface area contributed by atoms with Crippen molar-refractivity contribution in [2.24, 2.45) is 17.3 Å². The molecule has 3 unspecified atom stereocenters. The van der Waals surface area contributed by atoms with Crippen LogP contribution < -0.4 is 5.32 Å². The van der Waals surface area contributed by atoms with Crippen molar-refractivity contribution in [1.82, 2.24) is 5.32 Å². The van der Waals surface area contributed by atoms with Gasteiger partial charge in [0.25, 0.3) is 0 Å². The zero-order chi connectivity index (χ0) is 12.5. The minimum atomic E-state index is 0.602. The number of hydrogen-bond donors (Lipinski definition) is 1. The zero-order valence-corrected chi connectivity index (χ0v) is 12.3. The summed E-state index contributed by atoms with van der Waals surface area (Å²) in [6.45, 7) is 9.71. The summed E-state index contributed by atoms with van der Waals surface area (Å²) in [5, 5.41) is 3.97. The third-order valence-corrected chi connectivity index (χ3v) is 5.22. The fraction of sp³-hybridized carbons (Fsp3) is 1.00. The van der Waals surface area contributed by atoms with E-state index in [9.17, 15) is 0 Å². The third-order valence-electron chi connectivity index (χ3n) is 5.22. The molecule has 0 aromatic carbocycles. The van der Waals surface area contributed by atoms with Crippen molar-refractivity contribution in [2.45, 2.75) is 84.7 Å². The fourth-order valence-corrected chi connectivity index (χ4v) is 3.78. The van der Waals surface area contributed by atoms with Crippen LogP contribution >= 0.6 is 0 Å². The first-order valence-corrected chi connectivity index (χ1v) is 7.72. The predicted molar refractivity (Wildman–Crippen MR) is 75.1 cm³/mol. The number of nitrogens with one attached hydrogen (secondary N) is 1. The van der Waals surface area contributed by atoms with E-state index in [1.807, 2.05) is 0 Å². The molecule has 2 aliphatic rings. The van der Waals surface area contributed by atoms with Gasteiger partial charge in [-0.05, 0) is 62.2 Å². The van der Waals surface area contributed by atoms with Crippen molar-refractivity contribution in [2.75, 3.05) is 0 Å². The van der Waals surface area contributed by atoms with Crippen LogP contribution in [0.1, 0.15) is 72.6 Å². The van der Waals surface area contributed by atoms with E-state index in [0.29, 0.717) is 5.41 Å². The fourth-order valence-electron chi connectivity index (χ4n) is 3.78. The van der Waals surface area contributed by atoms with Crippen LogP contribution in [0.15, 0.2) is 0 Å². The van der Waals surface area contributed by atoms with Crippen LogP contribution in [-0.4, -0.2) is 12.1 Å². The van der Waals surface area contributed by atoms with Crippen LogP contribution in [0.4, 0.5) is 0 Å². The SMILES string of the molecule is CC1CCC(NC2CCC(C)(C)CC2)C(C)C1. The molecule has 0 amide bonds. The minimum absolute atomic E-state index is 0.602. The molecular weight excluding hydrogens is 206 g/mol. The summed E-state index contributed by atoms with van der Waals surface area (Å²) in [6, 6.07) is 1.61. The van der Waals surface area contributed by atoms with E-state index in [4.69, 9.17) is 0 Å². The molecule has 1 nitrogen and oxygen atoms in total. The first-order valence-electron chi connectivity index (χ1n) is 7.72. The van der Waals surface area contributed by atoms with E-state index < -0.39 is 0 Å². The van der Waals surface area contributed by atoms with Crippen LogP contribution in [0.2, 0.25) is 0 Å². The van der Waals surface area contributed by atoms with Crippen molar-refractivity contribution in [3.63, 3.8) is 0 Å². The van der Waals surface area contributed by atoms with Crippen molar-refractivity contribution >= 4 is 0 Å². The largest absolute Gasteiger partial charge is 0.311 e. The molecule has 3 atom stereocenters. The second-order valence-corrected chi connectivity index (χ2v) is 7.61. The summed E-state index contributed by atoms with van der Waals surface area (Å²) in [6.07, 6.45) is 9.86. The zero-order valence-electron chi connectivity index (χ0n) is 12.3. The van der Waals surface area contributed by atoms with Gasteiger partial charge in [0.15, 0.2) is 0 Å². The van der Waals surface area contributed by atoms with E-state index in [1.54, 1.807) is 0 Å². The lowest BCUT2D eigenvalue weighted by atomic mass is 9.74. The first kappa shape index (κ1) is 13.4. The van der Waals surface area contributed by atoms with Crippen LogP contribution in [0, 0.1) is 17.3 Å². The average molecular weight is 237 g/mol. The highest BCUT2D eigenvalue weighted by Gasteiger charge is 2.31. The lowest BCUT2D eigenvalue weighted by molar-refractivity contribution is 0.161. The molecule has 0 aromatic rings. The average Bonchev–Trinajstić information content (AvgIpc) is 2.25. The van der Waals surface area contributed by atoms with Crippen molar-refractivity contribution < 1.29 is 0 Å². The molecule has 0 heterocycles. The second kappa shape index (κ2) is 5.30. The Kier molecular flexibility index (Phi) is 4.18. The monoisotopic (exact) mass is 237 g/mol. The Morgan fingerprint density at radius 2 is 1.59 bits per heavy atom. The Labute approximate surface area is 108 Å². The molecule has 2 fully saturated rings. The van der Waals surface area contributed by atoms with Gasteiger partial charge < -0.3 is 5.32 Å². The predicted octanol–water partition coefficient (Wildman–Crippen LogP) is 4.37. The topological polar surface area (TPSA) is 12.0 Å². The molecule has 0 aliphatic heterocycles. The van der Waals surface area contributed by atoms with Gasteiger partial charge >= 0.3 is 0 Å². The van der Waals surface area contributed by atoms with Gasteiger partial charge in [0.05, 0.1) is 0 Å². The Bertz CT molecular complexity index is 236. The highest BCUT2D eigenvalue weighted by atomic mass is 15.0. The molecule has 0 spiro atoms. The Morgan fingerprint density at radius 1 is 0.941 bits per heavy atom. The van der Waals surface area contributed by atoms with Gasteiger partial charge in [-0.15, -0.1) is 0 Å². The summed E-state index contributed by atoms with van der Waals surface area (Å²) < 4.78 is 0. The molecule has 17 heavy (non-hydrogen) atoms. The summed E-state index contributed by atoms with van der Waals surface area (Å²) in [7, 11) is 0. The van der Waals surface area contributed by atoms with Gasteiger partial charge in [-0.25, -0.2) is 0 Å². The molecule has 0 radical (unpaired) electrons. The molecule has 1 N–H and O–H groups in total. The quantitative estimate of drug-likeness (QED) is 0.752. The van der Waals surface area contributed by atoms with Gasteiger partial charge in [0.2, 0.25) is 0 Å². The molecule has 0 bridgehead atoms. The van der Waals surface area contributed by atoms with Crippen LogP contribution in [0.5, 0.6) is 0 Å². The van der Waals surface area contributed by atoms with Crippen molar-refractivity contribution in [1.29, 1.82) is 0 Å². The normalized spacial score (nSPS) is 39.2. The first-order chi connectivity index (χ1) is 7.96. The maximum Gasteiger partial charge on any atom is 0.00954 e. The highest BCUT2D eigenvalue weighted by molar-refractivity contribution is 4.87. The van der Waals surface area contributed by atoms with Gasteiger partial charge in [0.1, 0.15) is 0 Å². The molecule has 2 rings (SSSR count). The molecule has 2 aliphatic carbocycles. The molecule has 2 saturated carbocycles. The minimum Gasteiger partial charge on any atom is -0.311 e. The molecule has 1 heteroatoms. The maximum absolute atomic E-state index is 3.97. The Balaban J connectivity index is 1.78. The van der Waals surface area contributed by atoms with E-state index in [2.05, 4.69) is 33.0 Å². The van der Waals surface area contributed by atoms with Crippen molar-refractivity contribution in [3.05, 3.63) is 0 Å². The van der Waals surface area contributed by atoms with Gasteiger partial charge in [0, 0.05) is 12.1 Å². The van der Waals surface area contributed by atoms with E-state index in [1.165, 1.54) is 44.9 Å². The van der Waals surface area contributed by atoms with E-state index >= 15 is 0 Å². The van der Waals surface area contributed by atoms with Crippen LogP contribution in [0.25, 0.3) is 0 Å². The summed E-state index contributed by atoms with van der Waals surface area (Å²) in [5.41, 5.74) is 0.602. The van der Waals surface area contributed by atoms with Gasteiger partial charge in [-0.3, -0.25) is 0 Å². The van der Waals surface area contributed by atoms with E-state index in [-0.39, 0.29) is 0 Å². The highest BCUT2D eigenvalue weighted by Crippen LogP contribution is 2.36. The number of rotatable bonds is 2. The Morgan fingerprint density at radius 3 is 2.18 bits per heavy atom. The van der Waals surface area contributed by atoms with Crippen molar-refractivity contribution in [3.8, 4) is 0 Å². The smallest absolute Gasteiger partial charge is 0.00954 e. The standard InChI is InChI=1S/C16H31N/c1-12-5-6-15(13(2)11-12)17-14-7-9-16(3,4)10-8-14/h12-15,17H,5-11H2,1-4H3. The second-order valence-electron chi connectivity index (χ2n) is 7.61. The third kappa shape index (κ3) is 3.71. The molecule has 0 saturated heterocycles. The van der Waals surface area contributed by atoms with Crippen LogP contribution in [-0.2, 0) is 0 Å². The molecule has 100 valence electrons. The lowest BCUT2D eigenvalue weighted by Crippen LogP contribution is -2.46. The summed E-state index contributed by atoms with van der Waals surface area (Å²) >= 11 is 0. The van der Waals surface area contributed by atoms with Gasteiger partial charge in [-0.1, -0.05) is 27.7 Å². The van der Waals surface area contributed by atoms with Crippen LogP contribution in [0.3, 0.4) is 0 Å². The Hall–Kier alpha value is -0.0400. The maximum atomic E-state index is 3.97. The summed E-state index contributed by atoms with van der Waals surface area (Å²) in [4.78, 5) is 0. The van der Waals surface area contributed by atoms with Gasteiger partial charge in [-0.2, -0.15) is 0 Å². The molecule has 0 aromatic heterocycles. The summed E-state index contributed by atoms with van der Waals surface area (Å²) in [5.74, 6) is 1.84. The number of hydrogen-bond acceptors (Lipinski definition) is 1.